The Bertz CT molecular complexity index is 645. The monoisotopic (exact) mass is 331 g/mol. The number of hydrogen-bond acceptors (Lipinski definition) is 4. The lowest BCUT2D eigenvalue weighted by atomic mass is 10.0. The molecule has 0 saturated carbocycles. The van der Waals surface area contributed by atoms with Crippen molar-refractivity contribution in [2.45, 2.75) is 12.5 Å². The molecule has 3 amide bonds. The lowest BCUT2D eigenvalue weighted by Crippen LogP contribution is -2.44. The maximum atomic E-state index is 11.5. The fourth-order valence-electron chi connectivity index (χ4n) is 2.82. The summed E-state index contributed by atoms with van der Waals surface area (Å²) in [5.74, 6) is 1.31. The smallest absolute Gasteiger partial charge is 0.324 e. The minimum atomic E-state index is -0.344. The van der Waals surface area contributed by atoms with Crippen molar-refractivity contribution in [3.8, 4) is 5.75 Å². The average Bonchev–Trinajstić information content (AvgIpc) is 2.93. The Balaban J connectivity index is 1.54. The Hall–Kier alpha value is -2.77. The first-order chi connectivity index (χ1) is 11.7. The molecule has 2 aliphatic rings. The second-order valence-electron chi connectivity index (χ2n) is 5.57. The average molecular weight is 331 g/mol. The summed E-state index contributed by atoms with van der Waals surface area (Å²) in [6, 6.07) is 7.69. The molecule has 0 aliphatic carbocycles. The molecule has 1 atom stereocenters. The summed E-state index contributed by atoms with van der Waals surface area (Å²) in [5.41, 5.74) is 1.10. The van der Waals surface area contributed by atoms with E-state index in [2.05, 4.69) is 20.9 Å². The first-order valence-electron chi connectivity index (χ1n) is 7.96. The molecule has 2 heterocycles. The summed E-state index contributed by atoms with van der Waals surface area (Å²) >= 11 is 0. The third-order valence-corrected chi connectivity index (χ3v) is 4.06. The fourth-order valence-corrected chi connectivity index (χ4v) is 2.82. The highest BCUT2D eigenvalue weighted by molar-refractivity contribution is 6.01. The van der Waals surface area contributed by atoms with Gasteiger partial charge < -0.3 is 20.7 Å². The van der Waals surface area contributed by atoms with Gasteiger partial charge in [0.25, 0.3) is 0 Å². The van der Waals surface area contributed by atoms with Crippen LogP contribution in [-0.2, 0) is 4.79 Å². The number of amides is 3. The van der Waals surface area contributed by atoms with Gasteiger partial charge in [0.2, 0.25) is 5.91 Å². The van der Waals surface area contributed by atoms with Crippen LogP contribution >= 0.6 is 0 Å². The predicted octanol–water partition coefficient (Wildman–Crippen LogP) is 0.227. The normalized spacial score (nSPS) is 20.3. The van der Waals surface area contributed by atoms with Crippen LogP contribution in [0.1, 0.15) is 18.0 Å². The Morgan fingerprint density at radius 1 is 1.42 bits per heavy atom. The lowest BCUT2D eigenvalue weighted by molar-refractivity contribution is -0.124. The van der Waals surface area contributed by atoms with E-state index in [1.165, 1.54) is 4.90 Å². The van der Waals surface area contributed by atoms with Crippen molar-refractivity contribution in [3.05, 3.63) is 29.8 Å². The first kappa shape index (κ1) is 16.1. The van der Waals surface area contributed by atoms with E-state index >= 15 is 0 Å². The number of benzene rings is 1. The van der Waals surface area contributed by atoms with E-state index < -0.39 is 0 Å². The molecular weight excluding hydrogens is 310 g/mol. The molecule has 0 aromatic heterocycles. The van der Waals surface area contributed by atoms with Gasteiger partial charge in [0.05, 0.1) is 19.2 Å². The standard InChI is InChI=1S/C16H21N5O3/c1-17-15(18-7-8-21-14(22)10-19-16(21)23)20-12-6-9-24-13-5-3-2-4-11(12)13/h2-5,12H,6-10H2,1H3,(H,19,23)(H2,17,18,20). The number of carbonyl (C=O) groups excluding carboxylic acids is 2. The van der Waals surface area contributed by atoms with Gasteiger partial charge >= 0.3 is 6.03 Å². The van der Waals surface area contributed by atoms with Crippen LogP contribution in [-0.4, -0.2) is 56.1 Å². The van der Waals surface area contributed by atoms with Gasteiger partial charge in [0, 0.05) is 32.1 Å². The zero-order chi connectivity index (χ0) is 16.9. The van der Waals surface area contributed by atoms with Gasteiger partial charge in [-0.3, -0.25) is 14.7 Å². The Labute approximate surface area is 140 Å². The molecule has 3 rings (SSSR count). The quantitative estimate of drug-likeness (QED) is 0.417. The zero-order valence-corrected chi connectivity index (χ0v) is 13.5. The third-order valence-electron chi connectivity index (χ3n) is 4.06. The van der Waals surface area contributed by atoms with Crippen LogP contribution in [0.15, 0.2) is 29.3 Å². The highest BCUT2D eigenvalue weighted by atomic mass is 16.5. The molecule has 8 nitrogen and oxygen atoms in total. The Morgan fingerprint density at radius 2 is 2.25 bits per heavy atom. The molecule has 8 heteroatoms. The Morgan fingerprint density at radius 3 is 3.00 bits per heavy atom. The zero-order valence-electron chi connectivity index (χ0n) is 13.5. The predicted molar refractivity (Wildman–Crippen MR) is 88.9 cm³/mol. The van der Waals surface area contributed by atoms with Crippen molar-refractivity contribution in [3.63, 3.8) is 0 Å². The van der Waals surface area contributed by atoms with Crippen molar-refractivity contribution in [1.29, 1.82) is 0 Å². The Kier molecular flexibility index (Phi) is 4.83. The fraction of sp³-hybridized carbons (Fsp3) is 0.438. The number of imide groups is 1. The van der Waals surface area contributed by atoms with Crippen molar-refractivity contribution < 1.29 is 14.3 Å². The molecule has 0 bridgehead atoms. The highest BCUT2D eigenvalue weighted by Gasteiger charge is 2.28. The van der Waals surface area contributed by atoms with Crippen LogP contribution in [0.4, 0.5) is 4.79 Å². The lowest BCUT2D eigenvalue weighted by Gasteiger charge is -2.28. The van der Waals surface area contributed by atoms with E-state index in [1.54, 1.807) is 7.05 Å². The molecule has 3 N–H and O–H groups in total. The number of urea groups is 1. The van der Waals surface area contributed by atoms with Gasteiger partial charge in [-0.15, -0.1) is 0 Å². The molecule has 24 heavy (non-hydrogen) atoms. The van der Waals surface area contributed by atoms with Crippen LogP contribution in [0.5, 0.6) is 5.75 Å². The summed E-state index contributed by atoms with van der Waals surface area (Å²) in [6.45, 7) is 1.46. The summed E-state index contributed by atoms with van der Waals surface area (Å²) in [6.07, 6.45) is 0.838. The van der Waals surface area contributed by atoms with Crippen LogP contribution in [0.3, 0.4) is 0 Å². The maximum absolute atomic E-state index is 11.5. The van der Waals surface area contributed by atoms with Crippen LogP contribution < -0.4 is 20.7 Å². The molecular formula is C16H21N5O3. The molecule has 0 radical (unpaired) electrons. The first-order valence-corrected chi connectivity index (χ1v) is 7.96. The third kappa shape index (κ3) is 3.42. The maximum Gasteiger partial charge on any atom is 0.324 e. The van der Waals surface area contributed by atoms with Crippen molar-refractivity contribution >= 4 is 17.9 Å². The molecule has 128 valence electrons. The largest absolute Gasteiger partial charge is 0.493 e. The van der Waals surface area contributed by atoms with E-state index in [9.17, 15) is 9.59 Å². The van der Waals surface area contributed by atoms with Crippen molar-refractivity contribution in [2.24, 2.45) is 4.99 Å². The number of para-hydroxylation sites is 1. The van der Waals surface area contributed by atoms with E-state index in [4.69, 9.17) is 4.74 Å². The van der Waals surface area contributed by atoms with Crippen LogP contribution in [0.25, 0.3) is 0 Å². The number of hydrogen-bond donors (Lipinski definition) is 3. The summed E-state index contributed by atoms with van der Waals surface area (Å²) < 4.78 is 5.65. The molecule has 1 fully saturated rings. The van der Waals surface area contributed by atoms with Gasteiger partial charge in [0.1, 0.15) is 5.75 Å². The van der Waals surface area contributed by atoms with E-state index in [0.717, 1.165) is 17.7 Å². The SMILES string of the molecule is CN=C(NCCN1C(=O)CNC1=O)NC1CCOc2ccccc21. The van der Waals surface area contributed by atoms with E-state index in [1.807, 2.05) is 24.3 Å². The molecule has 1 saturated heterocycles. The summed E-state index contributed by atoms with van der Waals surface area (Å²) in [5, 5.41) is 9.00. The van der Waals surface area contributed by atoms with Gasteiger partial charge in [-0.1, -0.05) is 18.2 Å². The summed E-state index contributed by atoms with van der Waals surface area (Å²) in [4.78, 5) is 28.4. The number of aliphatic imine (C=N–C) groups is 1. The number of fused-ring (bicyclic) bond motifs is 1. The molecule has 1 aromatic rings. The molecule has 0 spiro atoms. The number of guanidine groups is 1. The van der Waals surface area contributed by atoms with Crippen LogP contribution in [0, 0.1) is 0 Å². The van der Waals surface area contributed by atoms with Crippen LogP contribution in [0.2, 0.25) is 0 Å². The van der Waals surface area contributed by atoms with Gasteiger partial charge in [-0.05, 0) is 6.07 Å². The second-order valence-corrected chi connectivity index (χ2v) is 5.57. The highest BCUT2D eigenvalue weighted by Crippen LogP contribution is 2.31. The number of nitrogens with zero attached hydrogens (tertiary/aromatic N) is 2. The van der Waals surface area contributed by atoms with Crippen molar-refractivity contribution in [2.75, 3.05) is 33.3 Å². The van der Waals surface area contributed by atoms with E-state index in [-0.39, 0.29) is 24.5 Å². The number of ether oxygens (including phenoxy) is 1. The van der Waals surface area contributed by atoms with Gasteiger partial charge in [-0.25, -0.2) is 4.79 Å². The van der Waals surface area contributed by atoms with Gasteiger partial charge in [-0.2, -0.15) is 0 Å². The molecule has 2 aliphatic heterocycles. The number of carbonyl (C=O) groups is 2. The topological polar surface area (TPSA) is 95.1 Å². The number of nitrogens with one attached hydrogen (secondary N) is 3. The number of rotatable bonds is 4. The molecule has 1 unspecified atom stereocenters. The summed E-state index contributed by atoms with van der Waals surface area (Å²) in [7, 11) is 1.69. The van der Waals surface area contributed by atoms with Gasteiger partial charge in [0.15, 0.2) is 5.96 Å². The van der Waals surface area contributed by atoms with Crippen molar-refractivity contribution in [1.82, 2.24) is 20.9 Å². The minimum Gasteiger partial charge on any atom is -0.493 e. The minimum absolute atomic E-state index is 0.0741. The molecule has 1 aromatic carbocycles. The van der Waals surface area contributed by atoms with E-state index in [0.29, 0.717) is 25.7 Å². The second kappa shape index (κ2) is 7.20.